The molecule has 1 aliphatic heterocycles. The van der Waals surface area contributed by atoms with Gasteiger partial charge < -0.3 is 9.47 Å². The lowest BCUT2D eigenvalue weighted by Crippen LogP contribution is -2.23. The molecule has 2 aliphatic rings. The Morgan fingerprint density at radius 1 is 1.29 bits per heavy atom. The molecule has 1 aromatic rings. The van der Waals surface area contributed by atoms with Crippen LogP contribution >= 0.6 is 0 Å². The molecule has 0 fully saturated rings. The summed E-state index contributed by atoms with van der Waals surface area (Å²) >= 11 is 0. The summed E-state index contributed by atoms with van der Waals surface area (Å²) in [5, 5.41) is 0. The number of benzene rings is 1. The SMILES string of the molecule is CCOC(=O)/C=C/[C@H]1CCc2ccc3c(c2O1)CCCC3. The number of ether oxygens (including phenoxy) is 2. The summed E-state index contributed by atoms with van der Waals surface area (Å²) < 4.78 is 11.1. The van der Waals surface area contributed by atoms with Crippen LogP contribution in [0.3, 0.4) is 0 Å². The Morgan fingerprint density at radius 2 is 2.10 bits per heavy atom. The van der Waals surface area contributed by atoms with Gasteiger partial charge in [-0.1, -0.05) is 12.1 Å². The van der Waals surface area contributed by atoms with Gasteiger partial charge in [-0.2, -0.15) is 0 Å². The third-order valence-electron chi connectivity index (χ3n) is 4.26. The molecule has 0 N–H and O–H groups in total. The van der Waals surface area contributed by atoms with Crippen molar-refractivity contribution in [3.05, 3.63) is 41.0 Å². The highest BCUT2D eigenvalue weighted by Gasteiger charge is 2.23. The molecule has 0 saturated heterocycles. The molecule has 21 heavy (non-hydrogen) atoms. The maximum Gasteiger partial charge on any atom is 0.330 e. The van der Waals surface area contributed by atoms with Gasteiger partial charge >= 0.3 is 5.97 Å². The van der Waals surface area contributed by atoms with Crippen LogP contribution < -0.4 is 4.74 Å². The van der Waals surface area contributed by atoms with E-state index < -0.39 is 0 Å². The zero-order valence-electron chi connectivity index (χ0n) is 12.6. The largest absolute Gasteiger partial charge is 0.486 e. The van der Waals surface area contributed by atoms with Crippen molar-refractivity contribution in [3.63, 3.8) is 0 Å². The molecule has 1 aliphatic carbocycles. The quantitative estimate of drug-likeness (QED) is 0.631. The highest BCUT2D eigenvalue weighted by Crippen LogP contribution is 2.37. The molecule has 1 atom stereocenters. The van der Waals surface area contributed by atoms with Gasteiger partial charge in [0.1, 0.15) is 11.9 Å². The first kappa shape index (κ1) is 14.2. The van der Waals surface area contributed by atoms with Gasteiger partial charge in [-0.3, -0.25) is 0 Å². The normalized spacial score (nSPS) is 20.5. The summed E-state index contributed by atoms with van der Waals surface area (Å²) in [7, 11) is 0. The number of esters is 1. The van der Waals surface area contributed by atoms with Gasteiger partial charge in [-0.15, -0.1) is 0 Å². The van der Waals surface area contributed by atoms with Crippen LogP contribution in [0.4, 0.5) is 0 Å². The Bertz CT molecular complexity index is 560. The molecule has 3 nitrogen and oxygen atoms in total. The molecule has 0 bridgehead atoms. The third kappa shape index (κ3) is 3.12. The molecule has 3 rings (SSSR count). The van der Waals surface area contributed by atoms with Gasteiger partial charge in [0.2, 0.25) is 0 Å². The first-order valence-corrected chi connectivity index (χ1v) is 7.93. The van der Waals surface area contributed by atoms with Crippen molar-refractivity contribution in [2.45, 2.75) is 51.6 Å². The molecule has 0 saturated carbocycles. The lowest BCUT2D eigenvalue weighted by atomic mass is 9.87. The van der Waals surface area contributed by atoms with E-state index >= 15 is 0 Å². The second kappa shape index (κ2) is 6.33. The molecular weight excluding hydrogens is 264 g/mol. The Hall–Kier alpha value is -1.77. The van der Waals surface area contributed by atoms with Gasteiger partial charge in [-0.05, 0) is 68.2 Å². The van der Waals surface area contributed by atoms with Crippen LogP contribution in [0.1, 0.15) is 42.9 Å². The number of hydrogen-bond acceptors (Lipinski definition) is 3. The van der Waals surface area contributed by atoms with Crippen LogP contribution in [0.15, 0.2) is 24.3 Å². The first-order valence-electron chi connectivity index (χ1n) is 7.93. The van der Waals surface area contributed by atoms with Crippen molar-refractivity contribution in [3.8, 4) is 5.75 Å². The van der Waals surface area contributed by atoms with Crippen LogP contribution in [0.2, 0.25) is 0 Å². The monoisotopic (exact) mass is 286 g/mol. The summed E-state index contributed by atoms with van der Waals surface area (Å²) in [6.07, 6.45) is 10.0. The van der Waals surface area contributed by atoms with Crippen molar-refractivity contribution >= 4 is 5.97 Å². The van der Waals surface area contributed by atoms with E-state index in [1.54, 1.807) is 0 Å². The van der Waals surface area contributed by atoms with E-state index in [1.807, 2.05) is 13.0 Å². The summed E-state index contributed by atoms with van der Waals surface area (Å²) in [6.45, 7) is 2.22. The number of aryl methyl sites for hydroxylation is 2. The first-order chi connectivity index (χ1) is 10.3. The summed E-state index contributed by atoms with van der Waals surface area (Å²) in [4.78, 5) is 11.4. The standard InChI is InChI=1S/C18H22O3/c1-2-20-17(19)12-11-15-10-9-14-8-7-13-5-3-4-6-16(13)18(14)21-15/h7-8,11-12,15H,2-6,9-10H2,1H3/b12-11+/t15-/m1/s1. The van der Waals surface area contributed by atoms with Crippen LogP contribution in [0, 0.1) is 0 Å². The van der Waals surface area contributed by atoms with Crippen molar-refractivity contribution in [1.29, 1.82) is 0 Å². The highest BCUT2D eigenvalue weighted by molar-refractivity contribution is 5.82. The molecule has 0 unspecified atom stereocenters. The van der Waals surface area contributed by atoms with Crippen molar-refractivity contribution in [1.82, 2.24) is 0 Å². The van der Waals surface area contributed by atoms with Crippen molar-refractivity contribution in [2.75, 3.05) is 6.61 Å². The van der Waals surface area contributed by atoms with Gasteiger partial charge in [0.05, 0.1) is 6.61 Å². The smallest absolute Gasteiger partial charge is 0.330 e. The van der Waals surface area contributed by atoms with Gasteiger partial charge in [0, 0.05) is 6.08 Å². The van der Waals surface area contributed by atoms with E-state index in [0.717, 1.165) is 31.4 Å². The summed E-state index contributed by atoms with van der Waals surface area (Å²) in [5.74, 6) is 0.791. The summed E-state index contributed by atoms with van der Waals surface area (Å²) in [6, 6.07) is 4.48. The number of hydrogen-bond donors (Lipinski definition) is 0. The van der Waals surface area contributed by atoms with E-state index in [4.69, 9.17) is 9.47 Å². The van der Waals surface area contributed by atoms with E-state index in [2.05, 4.69) is 12.1 Å². The van der Waals surface area contributed by atoms with Crippen LogP contribution in [0.25, 0.3) is 0 Å². The lowest BCUT2D eigenvalue weighted by Gasteiger charge is -2.29. The van der Waals surface area contributed by atoms with Crippen LogP contribution in [-0.2, 0) is 28.8 Å². The number of fused-ring (bicyclic) bond motifs is 3. The Balaban J connectivity index is 1.76. The Morgan fingerprint density at radius 3 is 2.95 bits per heavy atom. The predicted molar refractivity (Wildman–Crippen MR) is 81.6 cm³/mol. The maximum absolute atomic E-state index is 11.4. The Kier molecular flexibility index (Phi) is 4.28. The van der Waals surface area contributed by atoms with Gasteiger partial charge in [0.15, 0.2) is 0 Å². The molecule has 0 radical (unpaired) electrons. The molecule has 0 amide bonds. The van der Waals surface area contributed by atoms with E-state index in [9.17, 15) is 4.79 Å². The van der Waals surface area contributed by atoms with Crippen LogP contribution in [-0.4, -0.2) is 18.7 Å². The third-order valence-corrected chi connectivity index (χ3v) is 4.26. The highest BCUT2D eigenvalue weighted by atomic mass is 16.5. The van der Waals surface area contributed by atoms with Crippen molar-refractivity contribution in [2.24, 2.45) is 0 Å². The molecule has 0 spiro atoms. The molecule has 112 valence electrons. The van der Waals surface area contributed by atoms with E-state index in [1.165, 1.54) is 35.6 Å². The Labute approximate surface area is 125 Å². The fourth-order valence-corrected chi connectivity index (χ4v) is 3.21. The average molecular weight is 286 g/mol. The second-order valence-electron chi connectivity index (χ2n) is 5.70. The van der Waals surface area contributed by atoms with E-state index in [-0.39, 0.29) is 12.1 Å². The predicted octanol–water partition coefficient (Wildman–Crippen LogP) is 3.38. The second-order valence-corrected chi connectivity index (χ2v) is 5.70. The fourth-order valence-electron chi connectivity index (χ4n) is 3.21. The molecular formula is C18H22O3. The topological polar surface area (TPSA) is 35.5 Å². The molecule has 0 aromatic heterocycles. The minimum Gasteiger partial charge on any atom is -0.486 e. The lowest BCUT2D eigenvalue weighted by molar-refractivity contribution is -0.137. The maximum atomic E-state index is 11.4. The number of carbonyl (C=O) groups is 1. The zero-order valence-corrected chi connectivity index (χ0v) is 12.6. The average Bonchev–Trinajstić information content (AvgIpc) is 2.53. The minimum absolute atomic E-state index is 0.0182. The number of rotatable bonds is 3. The van der Waals surface area contributed by atoms with Gasteiger partial charge in [0.25, 0.3) is 0 Å². The van der Waals surface area contributed by atoms with Crippen LogP contribution in [0.5, 0.6) is 5.75 Å². The fraction of sp³-hybridized carbons (Fsp3) is 0.500. The molecule has 1 aromatic carbocycles. The zero-order chi connectivity index (χ0) is 14.7. The number of carbonyl (C=O) groups excluding carboxylic acids is 1. The molecule has 3 heteroatoms. The van der Waals surface area contributed by atoms with E-state index in [0.29, 0.717) is 6.61 Å². The molecule has 1 heterocycles. The minimum atomic E-state index is -0.290. The summed E-state index contributed by atoms with van der Waals surface area (Å²) in [5.41, 5.74) is 4.15. The van der Waals surface area contributed by atoms with Crippen molar-refractivity contribution < 1.29 is 14.3 Å². The van der Waals surface area contributed by atoms with Gasteiger partial charge in [-0.25, -0.2) is 4.79 Å².